The lowest BCUT2D eigenvalue weighted by atomic mass is 10.0. The van der Waals surface area contributed by atoms with Gasteiger partial charge in [-0.05, 0) is 44.9 Å². The van der Waals surface area contributed by atoms with Crippen molar-refractivity contribution in [2.24, 2.45) is 11.7 Å². The van der Waals surface area contributed by atoms with Crippen molar-refractivity contribution in [1.29, 1.82) is 0 Å². The monoisotopic (exact) mass is 371 g/mol. The molecule has 0 amide bonds. The molecule has 0 aliphatic rings. The topological polar surface area (TPSA) is 70.3 Å². The van der Waals surface area contributed by atoms with E-state index >= 15 is 0 Å². The van der Waals surface area contributed by atoms with Gasteiger partial charge in [-0.1, -0.05) is 66.7 Å². The number of hydrogen-bond donors (Lipinski definition) is 4. The number of nitrogens with one attached hydrogen (secondary N) is 2. The van der Waals surface area contributed by atoms with Crippen molar-refractivity contribution in [2.45, 2.75) is 81.3 Å². The number of aliphatic hydroxyl groups excluding tert-OH is 1. The van der Waals surface area contributed by atoms with Crippen molar-refractivity contribution in [3.63, 3.8) is 0 Å². The SMILES string of the molecule is CC.CC.CCNC(C)(N)CCO.C\C=C/C(=C\C(=C/C)NC)C(C)C. The second-order valence-corrected chi connectivity index (χ2v) is 5.71. The van der Waals surface area contributed by atoms with E-state index in [0.717, 1.165) is 6.54 Å². The number of allylic oxidation sites excluding steroid dienone is 5. The van der Waals surface area contributed by atoms with Crippen LogP contribution < -0.4 is 16.4 Å². The maximum atomic E-state index is 8.51. The van der Waals surface area contributed by atoms with Gasteiger partial charge < -0.3 is 16.2 Å². The molecular weight excluding hydrogens is 322 g/mol. The Labute approximate surface area is 165 Å². The Morgan fingerprint density at radius 2 is 1.65 bits per heavy atom. The van der Waals surface area contributed by atoms with E-state index in [1.807, 2.05) is 62.4 Å². The first kappa shape index (κ1) is 32.6. The van der Waals surface area contributed by atoms with Crippen LogP contribution in [0.1, 0.15) is 75.7 Å². The van der Waals surface area contributed by atoms with Gasteiger partial charge in [-0.15, -0.1) is 0 Å². The predicted molar refractivity (Wildman–Crippen MR) is 121 cm³/mol. The van der Waals surface area contributed by atoms with E-state index in [1.54, 1.807) is 0 Å². The molecule has 4 heteroatoms. The van der Waals surface area contributed by atoms with Crippen LogP contribution in [-0.4, -0.2) is 31.0 Å². The lowest BCUT2D eigenvalue weighted by Crippen LogP contribution is -2.51. The van der Waals surface area contributed by atoms with Crippen molar-refractivity contribution >= 4 is 0 Å². The Balaban J connectivity index is -0.000000162. The Bertz CT molecular complexity index is 348. The minimum absolute atomic E-state index is 0.139. The number of nitrogens with two attached hydrogens (primary N) is 1. The standard InChI is InChI=1S/C12H21N.C6H16N2O.2C2H6/c1-6-8-11(10(3)4)9-12(7-2)13-5;1-3-8-6(2,7)4-5-9;2*1-2/h6-10,13H,1-5H3;8-9H,3-5,7H2,1-2H3;2*1-2H3/b8-6-,11-9+,12-7+;;;. The molecule has 0 radical (unpaired) electrons. The van der Waals surface area contributed by atoms with Crippen LogP contribution in [0.2, 0.25) is 0 Å². The molecule has 0 heterocycles. The smallest absolute Gasteiger partial charge is 0.0654 e. The van der Waals surface area contributed by atoms with Gasteiger partial charge in [0, 0.05) is 25.8 Å². The van der Waals surface area contributed by atoms with Crippen molar-refractivity contribution in [2.75, 3.05) is 20.2 Å². The van der Waals surface area contributed by atoms with E-state index in [4.69, 9.17) is 10.8 Å². The maximum absolute atomic E-state index is 8.51. The van der Waals surface area contributed by atoms with Crippen molar-refractivity contribution < 1.29 is 5.11 Å². The molecule has 0 aromatic heterocycles. The zero-order valence-electron chi connectivity index (χ0n) is 19.5. The molecule has 1 atom stereocenters. The molecular formula is C22H49N3O. The van der Waals surface area contributed by atoms with Crippen LogP contribution in [0, 0.1) is 5.92 Å². The number of rotatable bonds is 8. The third kappa shape index (κ3) is 22.9. The summed E-state index contributed by atoms with van der Waals surface area (Å²) in [7, 11) is 1.94. The number of hydrogen-bond acceptors (Lipinski definition) is 4. The van der Waals surface area contributed by atoms with E-state index in [-0.39, 0.29) is 6.61 Å². The summed E-state index contributed by atoms with van der Waals surface area (Å²) in [5.74, 6) is 0.569. The van der Waals surface area contributed by atoms with Crippen LogP contribution in [0.4, 0.5) is 0 Å². The second-order valence-electron chi connectivity index (χ2n) is 5.71. The Morgan fingerprint density at radius 1 is 1.15 bits per heavy atom. The van der Waals surface area contributed by atoms with Gasteiger partial charge in [0.25, 0.3) is 0 Å². The van der Waals surface area contributed by atoms with Crippen LogP contribution >= 0.6 is 0 Å². The molecule has 0 aliphatic heterocycles. The van der Waals surface area contributed by atoms with Gasteiger partial charge in [-0.2, -0.15) is 0 Å². The quantitative estimate of drug-likeness (QED) is 0.359. The summed E-state index contributed by atoms with van der Waals surface area (Å²) in [5, 5.41) is 14.7. The van der Waals surface area contributed by atoms with E-state index < -0.39 is 5.66 Å². The first-order valence-corrected chi connectivity index (χ1v) is 10.1. The Hall–Kier alpha value is -1.10. The third-order valence-electron chi connectivity index (χ3n) is 3.16. The van der Waals surface area contributed by atoms with E-state index in [2.05, 4.69) is 48.8 Å². The molecule has 1 unspecified atom stereocenters. The molecule has 26 heavy (non-hydrogen) atoms. The zero-order valence-corrected chi connectivity index (χ0v) is 19.5. The fourth-order valence-corrected chi connectivity index (χ4v) is 1.80. The second kappa shape index (κ2) is 23.9. The van der Waals surface area contributed by atoms with Gasteiger partial charge in [0.05, 0.1) is 5.66 Å². The van der Waals surface area contributed by atoms with E-state index in [0.29, 0.717) is 12.3 Å². The van der Waals surface area contributed by atoms with Crippen LogP contribution in [0.3, 0.4) is 0 Å². The molecule has 0 fully saturated rings. The Morgan fingerprint density at radius 3 is 1.92 bits per heavy atom. The third-order valence-corrected chi connectivity index (χ3v) is 3.16. The molecule has 0 bridgehead atoms. The van der Waals surface area contributed by atoms with Gasteiger partial charge in [-0.3, -0.25) is 5.32 Å². The molecule has 158 valence electrons. The average Bonchev–Trinajstić information content (AvgIpc) is 2.62. The van der Waals surface area contributed by atoms with Crippen LogP contribution in [0.5, 0.6) is 0 Å². The average molecular weight is 372 g/mol. The van der Waals surface area contributed by atoms with E-state index in [1.165, 1.54) is 11.3 Å². The molecule has 0 aliphatic carbocycles. The fourth-order valence-electron chi connectivity index (χ4n) is 1.80. The lowest BCUT2D eigenvalue weighted by molar-refractivity contribution is 0.226. The molecule has 0 rings (SSSR count). The molecule has 5 N–H and O–H groups in total. The van der Waals surface area contributed by atoms with Gasteiger partial charge in [0.1, 0.15) is 0 Å². The van der Waals surface area contributed by atoms with Gasteiger partial charge in [-0.25, -0.2) is 0 Å². The van der Waals surface area contributed by atoms with Crippen LogP contribution in [0.15, 0.2) is 35.6 Å². The molecule has 4 nitrogen and oxygen atoms in total. The highest BCUT2D eigenvalue weighted by Crippen LogP contribution is 2.13. The predicted octanol–water partition coefficient (Wildman–Crippen LogP) is 4.97. The largest absolute Gasteiger partial charge is 0.396 e. The highest BCUT2D eigenvalue weighted by Gasteiger charge is 2.14. The maximum Gasteiger partial charge on any atom is 0.0654 e. The van der Waals surface area contributed by atoms with Crippen LogP contribution in [-0.2, 0) is 0 Å². The first-order valence-electron chi connectivity index (χ1n) is 10.1. The summed E-state index contributed by atoms with van der Waals surface area (Å²) in [5.41, 5.74) is 7.79. The summed E-state index contributed by atoms with van der Waals surface area (Å²) in [6.07, 6.45) is 9.09. The van der Waals surface area contributed by atoms with Crippen molar-refractivity contribution in [1.82, 2.24) is 10.6 Å². The van der Waals surface area contributed by atoms with Crippen LogP contribution in [0.25, 0.3) is 0 Å². The minimum atomic E-state index is -0.399. The van der Waals surface area contributed by atoms with Crippen molar-refractivity contribution in [3.8, 4) is 0 Å². The highest BCUT2D eigenvalue weighted by molar-refractivity contribution is 5.29. The summed E-state index contributed by atoms with van der Waals surface area (Å²) in [4.78, 5) is 0. The minimum Gasteiger partial charge on any atom is -0.396 e. The summed E-state index contributed by atoms with van der Waals surface area (Å²) < 4.78 is 0. The molecule has 0 aromatic rings. The molecule has 0 saturated carbocycles. The molecule has 0 saturated heterocycles. The molecule has 0 spiro atoms. The highest BCUT2D eigenvalue weighted by atomic mass is 16.3. The summed E-state index contributed by atoms with van der Waals surface area (Å²) >= 11 is 0. The number of likely N-dealkylation sites (N-methyl/N-ethyl adjacent to an activating group) is 1. The van der Waals surface area contributed by atoms with Crippen molar-refractivity contribution in [3.05, 3.63) is 35.6 Å². The van der Waals surface area contributed by atoms with Gasteiger partial charge in [0.15, 0.2) is 0 Å². The number of aliphatic hydroxyl groups is 1. The Kier molecular flexibility index (Phi) is 29.9. The first-order chi connectivity index (χ1) is 12.3. The van der Waals surface area contributed by atoms with Gasteiger partial charge >= 0.3 is 0 Å². The summed E-state index contributed by atoms with van der Waals surface area (Å²) in [6.45, 7) is 21.3. The lowest BCUT2D eigenvalue weighted by Gasteiger charge is -2.24. The molecule has 0 aromatic carbocycles. The van der Waals surface area contributed by atoms with Gasteiger partial charge in [0.2, 0.25) is 0 Å². The fraction of sp³-hybridized carbons (Fsp3) is 0.727. The zero-order chi connectivity index (χ0) is 21.6. The normalized spacial score (nSPS) is 13.6. The van der Waals surface area contributed by atoms with E-state index in [9.17, 15) is 0 Å². The summed E-state index contributed by atoms with van der Waals surface area (Å²) in [6, 6.07) is 0.